The molecule has 1 aliphatic heterocycles. The van der Waals surface area contributed by atoms with Crippen molar-refractivity contribution < 1.29 is 28.6 Å². The number of hydrogen-bond donors (Lipinski definition) is 1. The molecule has 2 aromatic carbocycles. The minimum absolute atomic E-state index is 0.0463. The number of benzene rings is 2. The monoisotopic (exact) mass is 433 g/mol. The van der Waals surface area contributed by atoms with Gasteiger partial charge in [0.05, 0.1) is 25.6 Å². The average Bonchev–Trinajstić information content (AvgIpc) is 3.44. The number of carbonyl (C=O) groups excluding carboxylic acids is 2. The number of anilines is 1. The van der Waals surface area contributed by atoms with Gasteiger partial charge in [-0.05, 0) is 55.0 Å². The number of ether oxygens (including phenoxy) is 2. The predicted octanol–water partition coefficient (Wildman–Crippen LogP) is 4.70. The molecule has 32 heavy (non-hydrogen) atoms. The number of ketones is 1. The molecule has 1 saturated heterocycles. The van der Waals surface area contributed by atoms with Gasteiger partial charge in [0.25, 0.3) is 11.7 Å². The number of rotatable bonds is 7. The Kier molecular flexibility index (Phi) is 5.98. The Morgan fingerprint density at radius 1 is 1.06 bits per heavy atom. The minimum Gasteiger partial charge on any atom is -0.507 e. The summed E-state index contributed by atoms with van der Waals surface area (Å²) in [7, 11) is 1.54. The van der Waals surface area contributed by atoms with E-state index in [4.69, 9.17) is 13.9 Å². The van der Waals surface area contributed by atoms with E-state index in [0.717, 1.165) is 6.42 Å². The van der Waals surface area contributed by atoms with Gasteiger partial charge in [-0.15, -0.1) is 0 Å². The van der Waals surface area contributed by atoms with Crippen molar-refractivity contribution in [1.29, 1.82) is 0 Å². The summed E-state index contributed by atoms with van der Waals surface area (Å²) in [5.41, 5.74) is 0.811. The SMILES string of the molecule is CCCOc1cccc(N2C(=O)C(=O)/C(=C(\O)c3ccc(OC)cc3)C2c2ccco2)c1. The van der Waals surface area contributed by atoms with E-state index in [1.807, 2.05) is 6.92 Å². The molecule has 164 valence electrons. The number of amides is 1. The number of furan rings is 1. The summed E-state index contributed by atoms with van der Waals surface area (Å²) < 4.78 is 16.4. The Balaban J connectivity index is 1.83. The maximum Gasteiger partial charge on any atom is 0.300 e. The molecule has 2 heterocycles. The van der Waals surface area contributed by atoms with Crippen LogP contribution < -0.4 is 14.4 Å². The fourth-order valence-corrected chi connectivity index (χ4v) is 3.66. The molecule has 0 saturated carbocycles. The number of Topliss-reactive ketones (excluding diaryl/α,β-unsaturated/α-hetero) is 1. The summed E-state index contributed by atoms with van der Waals surface area (Å²) >= 11 is 0. The lowest BCUT2D eigenvalue weighted by atomic mass is 9.99. The van der Waals surface area contributed by atoms with Gasteiger partial charge in [0.2, 0.25) is 0 Å². The average molecular weight is 433 g/mol. The third kappa shape index (κ3) is 3.85. The van der Waals surface area contributed by atoms with Crippen LogP contribution in [0.2, 0.25) is 0 Å². The van der Waals surface area contributed by atoms with Crippen LogP contribution in [-0.4, -0.2) is 30.5 Å². The topological polar surface area (TPSA) is 89.2 Å². The predicted molar refractivity (Wildman–Crippen MR) is 119 cm³/mol. The fraction of sp³-hybridized carbons (Fsp3) is 0.200. The highest BCUT2D eigenvalue weighted by Gasteiger charge is 2.48. The Morgan fingerprint density at radius 3 is 2.50 bits per heavy atom. The molecule has 1 unspecified atom stereocenters. The Bertz CT molecular complexity index is 1150. The fourth-order valence-electron chi connectivity index (χ4n) is 3.66. The lowest BCUT2D eigenvalue weighted by molar-refractivity contribution is -0.132. The minimum atomic E-state index is -0.923. The van der Waals surface area contributed by atoms with Crippen molar-refractivity contribution in [3.63, 3.8) is 0 Å². The summed E-state index contributed by atoms with van der Waals surface area (Å²) in [5, 5.41) is 11.0. The number of aliphatic hydroxyl groups is 1. The highest BCUT2D eigenvalue weighted by atomic mass is 16.5. The highest BCUT2D eigenvalue weighted by molar-refractivity contribution is 6.51. The first-order chi connectivity index (χ1) is 15.5. The third-order valence-electron chi connectivity index (χ3n) is 5.19. The van der Waals surface area contributed by atoms with Crippen molar-refractivity contribution >= 4 is 23.1 Å². The van der Waals surface area contributed by atoms with Crippen LogP contribution in [-0.2, 0) is 9.59 Å². The van der Waals surface area contributed by atoms with E-state index in [9.17, 15) is 14.7 Å². The Labute approximate surface area is 185 Å². The normalized spacial score (nSPS) is 17.6. The Hall–Kier alpha value is -4.00. The summed E-state index contributed by atoms with van der Waals surface area (Å²) in [6, 6.07) is 16.0. The van der Waals surface area contributed by atoms with Crippen LogP contribution in [0.15, 0.2) is 76.9 Å². The molecule has 7 nitrogen and oxygen atoms in total. The molecule has 1 N–H and O–H groups in total. The molecule has 1 aliphatic rings. The van der Waals surface area contributed by atoms with Gasteiger partial charge in [-0.1, -0.05) is 13.0 Å². The van der Waals surface area contributed by atoms with Crippen molar-refractivity contribution in [1.82, 2.24) is 0 Å². The van der Waals surface area contributed by atoms with E-state index in [0.29, 0.717) is 35.1 Å². The van der Waals surface area contributed by atoms with Gasteiger partial charge in [0.15, 0.2) is 0 Å². The summed E-state index contributed by atoms with van der Waals surface area (Å²) in [6.07, 6.45) is 2.30. The second-order valence-electron chi connectivity index (χ2n) is 7.26. The zero-order valence-corrected chi connectivity index (χ0v) is 17.8. The second kappa shape index (κ2) is 9.01. The van der Waals surface area contributed by atoms with E-state index in [1.165, 1.54) is 18.3 Å². The van der Waals surface area contributed by atoms with E-state index in [2.05, 4.69) is 0 Å². The third-order valence-corrected chi connectivity index (χ3v) is 5.19. The van der Waals surface area contributed by atoms with Gasteiger partial charge in [0, 0.05) is 17.3 Å². The van der Waals surface area contributed by atoms with Crippen LogP contribution in [0.3, 0.4) is 0 Å². The molecular weight excluding hydrogens is 410 g/mol. The van der Waals surface area contributed by atoms with Crippen LogP contribution in [0.4, 0.5) is 5.69 Å². The van der Waals surface area contributed by atoms with E-state index in [1.54, 1.807) is 60.7 Å². The van der Waals surface area contributed by atoms with Crippen molar-refractivity contribution in [2.75, 3.05) is 18.6 Å². The molecule has 0 spiro atoms. The lowest BCUT2D eigenvalue weighted by Crippen LogP contribution is -2.29. The number of carbonyl (C=O) groups is 2. The van der Waals surface area contributed by atoms with Crippen molar-refractivity contribution in [3.05, 3.63) is 83.8 Å². The van der Waals surface area contributed by atoms with Crippen LogP contribution in [0.1, 0.15) is 30.7 Å². The maximum absolute atomic E-state index is 13.1. The summed E-state index contributed by atoms with van der Waals surface area (Å²) in [6.45, 7) is 2.53. The van der Waals surface area contributed by atoms with Crippen LogP contribution in [0.25, 0.3) is 5.76 Å². The van der Waals surface area contributed by atoms with Crippen LogP contribution in [0.5, 0.6) is 11.5 Å². The van der Waals surface area contributed by atoms with Crippen molar-refractivity contribution in [2.24, 2.45) is 0 Å². The number of methoxy groups -OCH3 is 1. The number of nitrogens with zero attached hydrogens (tertiary/aromatic N) is 1. The lowest BCUT2D eigenvalue weighted by Gasteiger charge is -2.23. The van der Waals surface area contributed by atoms with Crippen LogP contribution >= 0.6 is 0 Å². The van der Waals surface area contributed by atoms with Crippen molar-refractivity contribution in [2.45, 2.75) is 19.4 Å². The van der Waals surface area contributed by atoms with Gasteiger partial charge in [-0.2, -0.15) is 0 Å². The molecule has 0 bridgehead atoms. The first-order valence-corrected chi connectivity index (χ1v) is 10.3. The summed E-state index contributed by atoms with van der Waals surface area (Å²) in [5.74, 6) is -0.283. The molecule has 4 rings (SSSR count). The van der Waals surface area contributed by atoms with Crippen molar-refractivity contribution in [3.8, 4) is 11.5 Å². The standard InChI is InChI=1S/C25H23NO6/c1-3-13-31-19-7-4-6-17(15-19)26-22(20-8-5-14-32-20)21(24(28)25(26)29)23(27)16-9-11-18(30-2)12-10-16/h4-12,14-15,22,27H,3,13H2,1-2H3/b23-21-. The molecule has 1 fully saturated rings. The highest BCUT2D eigenvalue weighted by Crippen LogP contribution is 2.43. The van der Waals surface area contributed by atoms with Gasteiger partial charge < -0.3 is 19.0 Å². The summed E-state index contributed by atoms with van der Waals surface area (Å²) in [4.78, 5) is 27.5. The quantitative estimate of drug-likeness (QED) is 0.330. The van der Waals surface area contributed by atoms with E-state index in [-0.39, 0.29) is 11.3 Å². The molecule has 0 aliphatic carbocycles. The molecule has 7 heteroatoms. The first kappa shape index (κ1) is 21.2. The van der Waals surface area contributed by atoms with Gasteiger partial charge in [-0.3, -0.25) is 14.5 Å². The second-order valence-corrected chi connectivity index (χ2v) is 7.26. The molecule has 1 atom stereocenters. The largest absolute Gasteiger partial charge is 0.507 e. The van der Waals surface area contributed by atoms with Gasteiger partial charge >= 0.3 is 0 Å². The first-order valence-electron chi connectivity index (χ1n) is 10.3. The maximum atomic E-state index is 13.1. The smallest absolute Gasteiger partial charge is 0.300 e. The van der Waals surface area contributed by atoms with Crippen LogP contribution in [0, 0.1) is 0 Å². The molecular formula is C25H23NO6. The number of hydrogen-bond acceptors (Lipinski definition) is 6. The van der Waals surface area contributed by atoms with Gasteiger partial charge in [-0.25, -0.2) is 0 Å². The zero-order valence-electron chi connectivity index (χ0n) is 17.8. The molecule has 0 radical (unpaired) electrons. The molecule has 1 aromatic heterocycles. The Morgan fingerprint density at radius 2 is 1.84 bits per heavy atom. The molecule has 3 aromatic rings. The zero-order chi connectivity index (χ0) is 22.7. The molecule has 1 amide bonds. The van der Waals surface area contributed by atoms with E-state index >= 15 is 0 Å². The number of aliphatic hydroxyl groups excluding tert-OH is 1. The van der Waals surface area contributed by atoms with E-state index < -0.39 is 17.7 Å². The van der Waals surface area contributed by atoms with Gasteiger partial charge in [0.1, 0.15) is 29.1 Å².